The first kappa shape index (κ1) is 19.5. The molecule has 0 bridgehead atoms. The molecule has 0 aromatic heterocycles. The number of nitro groups is 1. The van der Waals surface area contributed by atoms with Crippen LogP contribution in [0.1, 0.15) is 5.56 Å². The summed E-state index contributed by atoms with van der Waals surface area (Å²) in [4.78, 5) is 22.7. The number of hydrogen-bond acceptors (Lipinski definition) is 8. The summed E-state index contributed by atoms with van der Waals surface area (Å²) in [5.41, 5.74) is 0.651. The van der Waals surface area contributed by atoms with Crippen LogP contribution in [0.2, 0.25) is 0 Å². The van der Waals surface area contributed by atoms with Crippen LogP contribution in [0.5, 0.6) is 17.2 Å². The summed E-state index contributed by atoms with van der Waals surface area (Å²) in [5, 5.41) is 25.5. The third kappa shape index (κ3) is 4.54. The van der Waals surface area contributed by atoms with Gasteiger partial charge < -0.3 is 24.8 Å². The van der Waals surface area contributed by atoms with Gasteiger partial charge in [-0.3, -0.25) is 14.9 Å². The van der Waals surface area contributed by atoms with Gasteiger partial charge in [0.2, 0.25) is 6.79 Å². The molecule has 2 N–H and O–H groups in total. The summed E-state index contributed by atoms with van der Waals surface area (Å²) >= 11 is 0. The predicted octanol–water partition coefficient (Wildman–Crippen LogP) is 2.47. The summed E-state index contributed by atoms with van der Waals surface area (Å²) in [6.45, 7) is 0.327. The molecule has 0 atom stereocenters. The fraction of sp³-hybridized carbons (Fsp3) is 0.158. The van der Waals surface area contributed by atoms with E-state index in [0.717, 1.165) is 11.8 Å². The Kier molecular flexibility index (Phi) is 5.80. The zero-order chi connectivity index (χ0) is 20.8. The van der Waals surface area contributed by atoms with Gasteiger partial charge in [0.15, 0.2) is 11.5 Å². The second kappa shape index (κ2) is 8.62. The molecule has 0 radical (unpaired) electrons. The molecular weight excluding hydrogens is 380 g/mol. The van der Waals surface area contributed by atoms with E-state index in [2.05, 4.69) is 10.6 Å². The lowest BCUT2D eigenvalue weighted by atomic mass is 10.2. The lowest BCUT2D eigenvalue weighted by molar-refractivity contribution is -0.384. The molecule has 10 nitrogen and oxygen atoms in total. The van der Waals surface area contributed by atoms with Crippen LogP contribution in [-0.4, -0.2) is 24.7 Å². The normalized spacial score (nSPS) is 12.1. The van der Waals surface area contributed by atoms with E-state index in [1.165, 1.54) is 25.3 Å². The molecule has 1 aliphatic heterocycles. The van der Waals surface area contributed by atoms with Gasteiger partial charge in [-0.1, -0.05) is 6.07 Å². The van der Waals surface area contributed by atoms with Crippen molar-refractivity contribution in [3.63, 3.8) is 0 Å². The van der Waals surface area contributed by atoms with Crippen molar-refractivity contribution in [1.82, 2.24) is 5.32 Å². The second-order valence-corrected chi connectivity index (χ2v) is 5.83. The van der Waals surface area contributed by atoms with Gasteiger partial charge in [0.05, 0.1) is 17.7 Å². The average Bonchev–Trinajstić information content (AvgIpc) is 3.20. The van der Waals surface area contributed by atoms with E-state index in [0.29, 0.717) is 17.2 Å². The Labute approximate surface area is 165 Å². The molecule has 0 saturated heterocycles. The van der Waals surface area contributed by atoms with Gasteiger partial charge in [0.25, 0.3) is 11.6 Å². The molecule has 1 amide bonds. The highest BCUT2D eigenvalue weighted by atomic mass is 16.7. The van der Waals surface area contributed by atoms with Crippen LogP contribution in [0.15, 0.2) is 48.2 Å². The van der Waals surface area contributed by atoms with Crippen LogP contribution in [0.3, 0.4) is 0 Å². The van der Waals surface area contributed by atoms with E-state index in [9.17, 15) is 20.2 Å². The maximum atomic E-state index is 12.3. The fourth-order valence-corrected chi connectivity index (χ4v) is 2.55. The van der Waals surface area contributed by atoms with E-state index in [-0.39, 0.29) is 30.3 Å². The monoisotopic (exact) mass is 396 g/mol. The number of hydrogen-bond donors (Lipinski definition) is 2. The smallest absolute Gasteiger partial charge is 0.271 e. The number of carbonyl (C=O) groups is 1. The summed E-state index contributed by atoms with van der Waals surface area (Å²) < 4.78 is 15.6. The highest BCUT2D eigenvalue weighted by molar-refractivity contribution is 5.97. The van der Waals surface area contributed by atoms with Gasteiger partial charge in [0, 0.05) is 24.9 Å². The second-order valence-electron chi connectivity index (χ2n) is 5.83. The quantitative estimate of drug-likeness (QED) is 0.315. The number of methoxy groups -OCH3 is 1. The highest BCUT2D eigenvalue weighted by Crippen LogP contribution is 2.32. The van der Waals surface area contributed by atoms with Crippen LogP contribution in [-0.2, 0) is 11.3 Å². The number of nitriles is 1. The van der Waals surface area contributed by atoms with Gasteiger partial charge >= 0.3 is 0 Å². The van der Waals surface area contributed by atoms with Crippen molar-refractivity contribution in [1.29, 1.82) is 5.26 Å². The number of rotatable bonds is 7. The Hall–Kier alpha value is -4.26. The van der Waals surface area contributed by atoms with E-state index >= 15 is 0 Å². The number of non-ortho nitro benzene ring substituents is 1. The molecule has 29 heavy (non-hydrogen) atoms. The molecule has 0 aliphatic carbocycles. The largest absolute Gasteiger partial charge is 0.495 e. The standard InChI is InChI=1S/C19H16N4O6/c1-27-16-5-3-14(23(25)26)7-15(16)21-10-13(8-20)19(24)22-9-12-2-4-17-18(6-12)29-11-28-17/h2-7,10,21H,9,11H2,1H3,(H,22,24)/b13-10-. The number of amides is 1. The first-order valence-electron chi connectivity index (χ1n) is 8.37. The van der Waals surface area contributed by atoms with E-state index < -0.39 is 10.8 Å². The molecule has 148 valence electrons. The van der Waals surface area contributed by atoms with E-state index in [4.69, 9.17) is 14.2 Å². The molecule has 10 heteroatoms. The Morgan fingerprint density at radius 1 is 1.31 bits per heavy atom. The van der Waals surface area contributed by atoms with Crippen molar-refractivity contribution in [2.75, 3.05) is 19.2 Å². The molecule has 1 aliphatic rings. The van der Waals surface area contributed by atoms with Crippen LogP contribution < -0.4 is 24.8 Å². The topological polar surface area (TPSA) is 136 Å². The molecule has 2 aromatic rings. The number of anilines is 1. The number of nitrogens with one attached hydrogen (secondary N) is 2. The van der Waals surface area contributed by atoms with Crippen molar-refractivity contribution >= 4 is 17.3 Å². The SMILES string of the molecule is COc1ccc([N+](=O)[O-])cc1N/C=C(/C#N)C(=O)NCc1ccc2c(c1)OCO2. The van der Waals surface area contributed by atoms with Gasteiger partial charge in [-0.25, -0.2) is 0 Å². The molecule has 0 saturated carbocycles. The first-order valence-corrected chi connectivity index (χ1v) is 8.37. The molecule has 3 rings (SSSR count). The first-order chi connectivity index (χ1) is 14.0. The summed E-state index contributed by atoms with van der Waals surface area (Å²) in [7, 11) is 1.40. The number of carbonyl (C=O) groups excluding carboxylic acids is 1. The molecule has 0 unspecified atom stereocenters. The van der Waals surface area contributed by atoms with Crippen molar-refractivity contribution in [2.45, 2.75) is 6.54 Å². The average molecular weight is 396 g/mol. The van der Waals surface area contributed by atoms with E-state index in [1.807, 2.05) is 0 Å². The molecule has 0 fully saturated rings. The summed E-state index contributed by atoms with van der Waals surface area (Å²) in [6.07, 6.45) is 1.16. The third-order valence-corrected chi connectivity index (χ3v) is 4.02. The molecule has 2 aromatic carbocycles. The number of nitrogens with zero attached hydrogens (tertiary/aromatic N) is 2. The minimum absolute atomic E-state index is 0.152. The van der Waals surface area contributed by atoms with Crippen molar-refractivity contribution in [2.24, 2.45) is 0 Å². The Morgan fingerprint density at radius 2 is 2.10 bits per heavy atom. The van der Waals surface area contributed by atoms with Gasteiger partial charge in [0.1, 0.15) is 17.4 Å². The lowest BCUT2D eigenvalue weighted by Crippen LogP contribution is -2.24. The Morgan fingerprint density at radius 3 is 2.83 bits per heavy atom. The summed E-state index contributed by atoms with van der Waals surface area (Å²) in [6, 6.07) is 11.0. The third-order valence-electron chi connectivity index (χ3n) is 4.02. The minimum atomic E-state index is -0.609. The van der Waals surface area contributed by atoms with Crippen molar-refractivity contribution < 1.29 is 23.9 Å². The lowest BCUT2D eigenvalue weighted by Gasteiger charge is -2.09. The molecule has 1 heterocycles. The molecular formula is C19H16N4O6. The van der Waals surface area contributed by atoms with Crippen LogP contribution in [0.4, 0.5) is 11.4 Å². The highest BCUT2D eigenvalue weighted by Gasteiger charge is 2.15. The zero-order valence-electron chi connectivity index (χ0n) is 15.3. The van der Waals surface area contributed by atoms with Crippen LogP contribution >= 0.6 is 0 Å². The Balaban J connectivity index is 1.68. The number of nitro benzene ring substituents is 1. The minimum Gasteiger partial charge on any atom is -0.495 e. The van der Waals surface area contributed by atoms with E-state index in [1.54, 1.807) is 24.3 Å². The van der Waals surface area contributed by atoms with Crippen molar-refractivity contribution in [3.05, 3.63) is 63.8 Å². The molecule has 0 spiro atoms. The predicted molar refractivity (Wildman–Crippen MR) is 101 cm³/mol. The zero-order valence-corrected chi connectivity index (χ0v) is 15.3. The number of fused-ring (bicyclic) bond motifs is 1. The number of ether oxygens (including phenoxy) is 3. The maximum absolute atomic E-state index is 12.3. The fourth-order valence-electron chi connectivity index (χ4n) is 2.55. The van der Waals surface area contributed by atoms with Crippen LogP contribution in [0.25, 0.3) is 0 Å². The maximum Gasteiger partial charge on any atom is 0.271 e. The van der Waals surface area contributed by atoms with Gasteiger partial charge in [-0.2, -0.15) is 5.26 Å². The van der Waals surface area contributed by atoms with Gasteiger partial charge in [-0.05, 0) is 23.8 Å². The number of benzene rings is 2. The summed E-state index contributed by atoms with van der Waals surface area (Å²) in [5.74, 6) is 0.937. The Bertz CT molecular complexity index is 1030. The van der Waals surface area contributed by atoms with Crippen LogP contribution in [0, 0.1) is 21.4 Å². The van der Waals surface area contributed by atoms with Crippen molar-refractivity contribution in [3.8, 4) is 23.3 Å². The van der Waals surface area contributed by atoms with Gasteiger partial charge in [-0.15, -0.1) is 0 Å².